The van der Waals surface area contributed by atoms with Crippen LogP contribution < -0.4 is 16.0 Å². The van der Waals surface area contributed by atoms with E-state index < -0.39 is 20.1 Å². The molecule has 9 nitrogen and oxygen atoms in total. The van der Waals surface area contributed by atoms with Gasteiger partial charge in [-0.05, 0) is 38.4 Å². The zero-order chi connectivity index (χ0) is 21.7. The van der Waals surface area contributed by atoms with Crippen molar-refractivity contribution in [3.8, 4) is 0 Å². The number of fused-ring (bicyclic) bond motifs is 1. The molecule has 30 heavy (non-hydrogen) atoms. The predicted octanol–water partition coefficient (Wildman–Crippen LogP) is 2.57. The molecule has 2 atom stereocenters. The Balaban J connectivity index is 1.57. The molecule has 1 fully saturated rings. The van der Waals surface area contributed by atoms with Crippen molar-refractivity contribution in [3.63, 3.8) is 0 Å². The lowest BCUT2D eigenvalue weighted by atomic mass is 10.0. The molecule has 0 spiro atoms. The average molecular weight is 433 g/mol. The summed E-state index contributed by atoms with van der Waals surface area (Å²) in [6.07, 6.45) is 5.25. The Labute approximate surface area is 178 Å². The number of nitrogens with zero attached hydrogens (tertiary/aromatic N) is 3. The van der Waals surface area contributed by atoms with Gasteiger partial charge >= 0.3 is 6.03 Å². The van der Waals surface area contributed by atoms with Crippen LogP contribution in [-0.4, -0.2) is 59.7 Å². The van der Waals surface area contributed by atoms with Gasteiger partial charge in [0.2, 0.25) is 0 Å². The third-order valence-electron chi connectivity index (χ3n) is 5.16. The highest BCUT2D eigenvalue weighted by molar-refractivity contribution is 6.76. The number of urea groups is 1. The number of amides is 2. The molecular weight excluding hydrogens is 400 g/mol. The number of nitrogens with one attached hydrogen (secondary N) is 3. The Morgan fingerprint density at radius 2 is 2.20 bits per heavy atom. The minimum Gasteiger partial charge on any atom is -0.361 e. The summed E-state index contributed by atoms with van der Waals surface area (Å²) in [5.74, 6) is 0.261. The molecule has 1 aliphatic heterocycles. The van der Waals surface area contributed by atoms with E-state index in [4.69, 9.17) is 4.74 Å². The Bertz CT molecular complexity index is 888. The van der Waals surface area contributed by atoms with Crippen molar-refractivity contribution < 1.29 is 14.3 Å². The van der Waals surface area contributed by atoms with E-state index in [1.807, 2.05) is 16.8 Å². The van der Waals surface area contributed by atoms with E-state index in [-0.39, 0.29) is 11.8 Å². The van der Waals surface area contributed by atoms with Crippen molar-refractivity contribution >= 4 is 36.9 Å². The maximum atomic E-state index is 12.4. The molecule has 3 rings (SSSR count). The fourth-order valence-electron chi connectivity index (χ4n) is 3.44. The summed E-state index contributed by atoms with van der Waals surface area (Å²) in [6, 6.07) is 1.90. The third-order valence-corrected chi connectivity index (χ3v) is 6.86. The normalized spacial score (nSPS) is 17.8. The number of ketones is 1. The molecule has 0 bridgehead atoms. The molecule has 164 valence electrons. The zero-order valence-electron chi connectivity index (χ0n) is 18.2. The second-order valence-electron chi connectivity index (χ2n) is 8.99. The molecule has 0 saturated carbocycles. The fraction of sp³-hybridized carbons (Fsp3) is 0.600. The molecule has 2 unspecified atom stereocenters. The molecule has 1 saturated heterocycles. The largest absolute Gasteiger partial charge is 0.361 e. The van der Waals surface area contributed by atoms with Gasteiger partial charge in [0.15, 0.2) is 17.2 Å². The first-order valence-electron chi connectivity index (χ1n) is 10.4. The number of anilines is 1. The van der Waals surface area contributed by atoms with E-state index in [9.17, 15) is 9.59 Å². The van der Waals surface area contributed by atoms with E-state index in [0.717, 1.165) is 32.0 Å². The first kappa shape index (κ1) is 22.4. The molecule has 2 aromatic rings. The highest BCUT2D eigenvalue weighted by Crippen LogP contribution is 2.15. The summed E-state index contributed by atoms with van der Waals surface area (Å²) in [4.78, 5) is 33.2. The van der Waals surface area contributed by atoms with Crippen molar-refractivity contribution in [2.24, 2.45) is 0 Å². The Morgan fingerprint density at radius 1 is 1.40 bits per heavy atom. The van der Waals surface area contributed by atoms with Gasteiger partial charge < -0.3 is 19.9 Å². The van der Waals surface area contributed by atoms with E-state index in [1.54, 1.807) is 0 Å². The second kappa shape index (κ2) is 9.67. The molecule has 3 N–H and O–H groups in total. The smallest absolute Gasteiger partial charge is 0.321 e. The van der Waals surface area contributed by atoms with Crippen LogP contribution in [0.5, 0.6) is 0 Å². The van der Waals surface area contributed by atoms with Gasteiger partial charge in [0.25, 0.3) is 0 Å². The number of carbonyl (C=O) groups is 2. The number of hydrogen-bond donors (Lipinski definition) is 3. The van der Waals surface area contributed by atoms with Crippen molar-refractivity contribution in [1.82, 2.24) is 25.2 Å². The lowest BCUT2D eigenvalue weighted by Gasteiger charge is -2.22. The van der Waals surface area contributed by atoms with Crippen LogP contribution in [0.4, 0.5) is 10.6 Å². The van der Waals surface area contributed by atoms with Crippen LogP contribution in [0, 0.1) is 0 Å². The van der Waals surface area contributed by atoms with E-state index in [1.165, 1.54) is 13.1 Å². The van der Waals surface area contributed by atoms with Crippen molar-refractivity contribution in [3.05, 3.63) is 18.5 Å². The minimum atomic E-state index is -1.12. The molecule has 3 heterocycles. The van der Waals surface area contributed by atoms with Gasteiger partial charge in [0.1, 0.15) is 18.3 Å². The van der Waals surface area contributed by atoms with Gasteiger partial charge in [0.05, 0.1) is 6.20 Å². The SMILES string of the molecule is CC(=O)C(NC(=O)Nc1cnc2c(ccn2COCC[Si](C)(C)C)n1)C1CCCN1. The highest BCUT2D eigenvalue weighted by atomic mass is 28.3. The van der Waals surface area contributed by atoms with Gasteiger partial charge in [-0.1, -0.05) is 19.6 Å². The molecule has 2 aromatic heterocycles. The summed E-state index contributed by atoms with van der Waals surface area (Å²) in [6.45, 7) is 10.5. The van der Waals surface area contributed by atoms with E-state index in [2.05, 4.69) is 45.6 Å². The van der Waals surface area contributed by atoms with Crippen molar-refractivity contribution in [2.75, 3.05) is 18.5 Å². The van der Waals surface area contributed by atoms with Crippen LogP contribution in [0.2, 0.25) is 25.7 Å². The first-order valence-corrected chi connectivity index (χ1v) is 14.1. The number of hydrogen-bond acceptors (Lipinski definition) is 6. The van der Waals surface area contributed by atoms with E-state index in [0.29, 0.717) is 23.7 Å². The van der Waals surface area contributed by atoms with Gasteiger partial charge in [-0.2, -0.15) is 0 Å². The van der Waals surface area contributed by atoms with Crippen molar-refractivity contribution in [2.45, 2.75) is 64.3 Å². The predicted molar refractivity (Wildman–Crippen MR) is 119 cm³/mol. The number of ether oxygens (including phenoxy) is 1. The Hall–Kier alpha value is -2.30. The maximum absolute atomic E-state index is 12.4. The summed E-state index contributed by atoms with van der Waals surface area (Å²) >= 11 is 0. The van der Waals surface area contributed by atoms with Gasteiger partial charge in [-0.3, -0.25) is 10.1 Å². The van der Waals surface area contributed by atoms with Crippen molar-refractivity contribution in [1.29, 1.82) is 0 Å². The maximum Gasteiger partial charge on any atom is 0.321 e. The number of carbonyl (C=O) groups excluding carboxylic acids is 2. The molecule has 0 aliphatic carbocycles. The highest BCUT2D eigenvalue weighted by Gasteiger charge is 2.29. The number of aromatic nitrogens is 3. The van der Waals surface area contributed by atoms with Crippen LogP contribution in [0.1, 0.15) is 19.8 Å². The standard InChI is InChI=1S/C20H32N6O3Si/c1-14(27)18(15-6-5-8-21-15)25-20(28)24-17-12-22-19-16(23-17)7-9-26(19)13-29-10-11-30(2,3)4/h7,9,12,15,18,21H,5-6,8,10-11,13H2,1-4H3,(H2,23,24,25,28). The van der Waals surface area contributed by atoms with Crippen LogP contribution in [0.25, 0.3) is 11.2 Å². The molecule has 1 aliphatic rings. The summed E-state index contributed by atoms with van der Waals surface area (Å²) in [7, 11) is -1.12. The van der Waals surface area contributed by atoms with Crippen LogP contribution in [0.3, 0.4) is 0 Å². The second-order valence-corrected chi connectivity index (χ2v) is 14.6. The Kier molecular flexibility index (Phi) is 7.22. The molecule has 0 aromatic carbocycles. The number of Topliss-reactive ketones (excluding diaryl/α,β-unsaturated/α-hetero) is 1. The quantitative estimate of drug-likeness (QED) is 0.415. The number of rotatable bonds is 9. The summed E-state index contributed by atoms with van der Waals surface area (Å²) in [5.41, 5.74) is 1.37. The van der Waals surface area contributed by atoms with E-state index >= 15 is 0 Å². The fourth-order valence-corrected chi connectivity index (χ4v) is 4.20. The van der Waals surface area contributed by atoms with Gasteiger partial charge in [0, 0.05) is 26.9 Å². The topological polar surface area (TPSA) is 110 Å². The van der Waals surface area contributed by atoms with Crippen LogP contribution in [-0.2, 0) is 16.3 Å². The molecule has 2 amide bonds. The minimum absolute atomic E-state index is 0.0307. The molecular formula is C20H32N6O3Si. The van der Waals surface area contributed by atoms with Gasteiger partial charge in [-0.25, -0.2) is 14.8 Å². The van der Waals surface area contributed by atoms with Crippen LogP contribution in [0.15, 0.2) is 18.5 Å². The lowest BCUT2D eigenvalue weighted by molar-refractivity contribution is -0.119. The Morgan fingerprint density at radius 3 is 2.87 bits per heavy atom. The average Bonchev–Trinajstić information content (AvgIpc) is 3.32. The van der Waals surface area contributed by atoms with Crippen LogP contribution >= 0.6 is 0 Å². The van der Waals surface area contributed by atoms with Gasteiger partial charge in [-0.15, -0.1) is 0 Å². The molecule has 0 radical (unpaired) electrons. The summed E-state index contributed by atoms with van der Waals surface area (Å²) in [5, 5.41) is 8.70. The summed E-state index contributed by atoms with van der Waals surface area (Å²) < 4.78 is 7.68. The first-order chi connectivity index (χ1) is 14.2. The lowest BCUT2D eigenvalue weighted by Crippen LogP contribution is -2.52. The third kappa shape index (κ3) is 6.10. The molecule has 10 heteroatoms. The zero-order valence-corrected chi connectivity index (χ0v) is 19.2. The monoisotopic (exact) mass is 432 g/mol.